The van der Waals surface area contributed by atoms with Gasteiger partial charge in [-0.15, -0.1) is 0 Å². The first kappa shape index (κ1) is 13.6. The number of nitrogens with one attached hydrogen (secondary N) is 1. The molecule has 19 heavy (non-hydrogen) atoms. The number of hydrogen-bond acceptors (Lipinski definition) is 3. The van der Waals surface area contributed by atoms with E-state index >= 15 is 0 Å². The molecule has 1 N–H and O–H groups in total. The molecule has 0 aliphatic carbocycles. The molecule has 1 atom stereocenters. The lowest BCUT2D eigenvalue weighted by atomic mass is 10.1. The maximum absolute atomic E-state index is 11.9. The number of aromatic nitrogens is 1. The van der Waals surface area contributed by atoms with E-state index in [4.69, 9.17) is 11.6 Å². The van der Waals surface area contributed by atoms with E-state index in [1.165, 1.54) is 0 Å². The van der Waals surface area contributed by atoms with E-state index in [2.05, 4.69) is 10.3 Å². The molecule has 100 valence electrons. The number of benzene rings is 1. The van der Waals surface area contributed by atoms with Crippen LogP contribution >= 0.6 is 11.6 Å². The SMILES string of the molecule is CC(Nc1ccc(Cl)c2cccnc12)C(=O)N(C)C. The summed E-state index contributed by atoms with van der Waals surface area (Å²) in [5.74, 6) is 0.0130. The van der Waals surface area contributed by atoms with Crippen LogP contribution in [0.4, 0.5) is 5.69 Å². The van der Waals surface area contributed by atoms with E-state index in [9.17, 15) is 4.79 Å². The van der Waals surface area contributed by atoms with Crippen molar-refractivity contribution in [2.75, 3.05) is 19.4 Å². The van der Waals surface area contributed by atoms with Gasteiger partial charge < -0.3 is 10.2 Å². The maximum Gasteiger partial charge on any atom is 0.244 e. The minimum Gasteiger partial charge on any atom is -0.372 e. The minimum atomic E-state index is -0.318. The number of hydrogen-bond donors (Lipinski definition) is 1. The molecular formula is C14H16ClN3O. The van der Waals surface area contributed by atoms with Gasteiger partial charge in [-0.2, -0.15) is 0 Å². The quantitative estimate of drug-likeness (QED) is 0.938. The molecule has 0 saturated heterocycles. The zero-order valence-electron chi connectivity index (χ0n) is 11.1. The first-order valence-electron chi connectivity index (χ1n) is 6.01. The van der Waals surface area contributed by atoms with Gasteiger partial charge in [0.1, 0.15) is 6.04 Å². The third-order valence-electron chi connectivity index (χ3n) is 2.90. The summed E-state index contributed by atoms with van der Waals surface area (Å²) >= 11 is 6.14. The highest BCUT2D eigenvalue weighted by molar-refractivity contribution is 6.35. The second-order valence-corrected chi connectivity index (χ2v) is 5.00. The Balaban J connectivity index is 2.36. The molecule has 2 rings (SSSR count). The molecule has 1 heterocycles. The highest BCUT2D eigenvalue weighted by Crippen LogP contribution is 2.28. The summed E-state index contributed by atoms with van der Waals surface area (Å²) < 4.78 is 0. The number of carbonyl (C=O) groups excluding carboxylic acids is 1. The predicted octanol–water partition coefficient (Wildman–Crippen LogP) is 2.78. The van der Waals surface area contributed by atoms with Gasteiger partial charge in [-0.25, -0.2) is 0 Å². The van der Waals surface area contributed by atoms with Crippen molar-refractivity contribution < 1.29 is 4.79 Å². The molecule has 0 fully saturated rings. The number of carbonyl (C=O) groups is 1. The fourth-order valence-electron chi connectivity index (χ4n) is 1.94. The van der Waals surface area contributed by atoms with E-state index in [1.54, 1.807) is 31.3 Å². The molecule has 1 aromatic carbocycles. The molecule has 5 heteroatoms. The average Bonchev–Trinajstić information content (AvgIpc) is 2.41. The molecule has 0 radical (unpaired) electrons. The minimum absolute atomic E-state index is 0.0130. The summed E-state index contributed by atoms with van der Waals surface area (Å²) in [6.45, 7) is 1.83. The number of pyridine rings is 1. The van der Waals surface area contributed by atoms with Crippen molar-refractivity contribution in [3.05, 3.63) is 35.5 Å². The van der Waals surface area contributed by atoms with Crippen LogP contribution < -0.4 is 5.32 Å². The Bertz CT molecular complexity index is 613. The zero-order chi connectivity index (χ0) is 14.0. The van der Waals surface area contributed by atoms with Gasteiger partial charge in [0.2, 0.25) is 5.91 Å². The smallest absolute Gasteiger partial charge is 0.244 e. The van der Waals surface area contributed by atoms with Gasteiger partial charge in [0.25, 0.3) is 0 Å². The fraction of sp³-hybridized carbons (Fsp3) is 0.286. The number of rotatable bonds is 3. The Morgan fingerprint density at radius 3 is 2.79 bits per heavy atom. The van der Waals surface area contributed by atoms with Gasteiger partial charge >= 0.3 is 0 Å². The number of amides is 1. The normalized spacial score (nSPS) is 12.2. The van der Waals surface area contributed by atoms with Crippen molar-refractivity contribution in [2.24, 2.45) is 0 Å². The summed E-state index contributed by atoms with van der Waals surface area (Å²) in [5, 5.41) is 4.71. The number of likely N-dealkylation sites (N-methyl/N-ethyl adjacent to an activating group) is 1. The molecule has 0 aliphatic heterocycles. The predicted molar refractivity (Wildman–Crippen MR) is 78.5 cm³/mol. The van der Waals surface area contributed by atoms with Gasteiger partial charge in [0.15, 0.2) is 0 Å². The van der Waals surface area contributed by atoms with Gasteiger partial charge in [-0.05, 0) is 31.2 Å². The molecule has 4 nitrogen and oxygen atoms in total. The van der Waals surface area contributed by atoms with Gasteiger partial charge in [-0.1, -0.05) is 11.6 Å². The molecule has 1 amide bonds. The van der Waals surface area contributed by atoms with Crippen LogP contribution in [-0.4, -0.2) is 35.9 Å². The fourth-order valence-corrected chi connectivity index (χ4v) is 2.15. The van der Waals surface area contributed by atoms with E-state index in [-0.39, 0.29) is 11.9 Å². The van der Waals surface area contributed by atoms with E-state index in [1.807, 2.05) is 25.1 Å². The lowest BCUT2D eigenvalue weighted by Gasteiger charge is -2.19. The van der Waals surface area contributed by atoms with Crippen molar-refractivity contribution in [1.29, 1.82) is 0 Å². The van der Waals surface area contributed by atoms with Gasteiger partial charge in [-0.3, -0.25) is 9.78 Å². The van der Waals surface area contributed by atoms with Crippen LogP contribution in [-0.2, 0) is 4.79 Å². The average molecular weight is 278 g/mol. The Labute approximate surface area is 117 Å². The van der Waals surface area contributed by atoms with Crippen molar-refractivity contribution >= 4 is 34.1 Å². The first-order chi connectivity index (χ1) is 9.00. The Morgan fingerprint density at radius 1 is 1.37 bits per heavy atom. The first-order valence-corrected chi connectivity index (χ1v) is 6.39. The molecular weight excluding hydrogens is 262 g/mol. The van der Waals surface area contributed by atoms with Crippen molar-refractivity contribution in [2.45, 2.75) is 13.0 Å². The van der Waals surface area contributed by atoms with Crippen LogP contribution in [0.2, 0.25) is 5.02 Å². The van der Waals surface area contributed by atoms with Crippen molar-refractivity contribution in [1.82, 2.24) is 9.88 Å². The van der Waals surface area contributed by atoms with Gasteiger partial charge in [0.05, 0.1) is 16.2 Å². The largest absolute Gasteiger partial charge is 0.372 e. The standard InChI is InChI=1S/C14H16ClN3O/c1-9(14(19)18(2)3)17-12-7-6-11(15)10-5-4-8-16-13(10)12/h4-9,17H,1-3H3. The number of anilines is 1. The molecule has 0 bridgehead atoms. The molecule has 0 aliphatic rings. The van der Waals surface area contributed by atoms with Gasteiger partial charge in [0, 0.05) is 25.7 Å². The topological polar surface area (TPSA) is 45.2 Å². The van der Waals surface area contributed by atoms with E-state index in [0.717, 1.165) is 16.6 Å². The Kier molecular flexibility index (Phi) is 3.90. The summed E-state index contributed by atoms with van der Waals surface area (Å²) in [4.78, 5) is 17.8. The molecule has 0 spiro atoms. The Morgan fingerprint density at radius 2 is 2.11 bits per heavy atom. The Hall–Kier alpha value is -1.81. The highest BCUT2D eigenvalue weighted by atomic mass is 35.5. The third-order valence-corrected chi connectivity index (χ3v) is 3.23. The number of nitrogens with zero attached hydrogens (tertiary/aromatic N) is 2. The third kappa shape index (κ3) is 2.79. The maximum atomic E-state index is 11.9. The van der Waals surface area contributed by atoms with Crippen LogP contribution in [0.1, 0.15) is 6.92 Å². The molecule has 1 aromatic heterocycles. The van der Waals surface area contributed by atoms with Crippen molar-refractivity contribution in [3.63, 3.8) is 0 Å². The summed E-state index contributed by atoms with van der Waals surface area (Å²) in [6, 6.07) is 7.08. The van der Waals surface area contributed by atoms with Crippen LogP contribution in [0, 0.1) is 0 Å². The van der Waals surface area contributed by atoms with Crippen LogP contribution in [0.15, 0.2) is 30.5 Å². The second kappa shape index (κ2) is 5.45. The van der Waals surface area contributed by atoms with Crippen LogP contribution in [0.5, 0.6) is 0 Å². The zero-order valence-corrected chi connectivity index (χ0v) is 11.9. The number of fused-ring (bicyclic) bond motifs is 1. The second-order valence-electron chi connectivity index (χ2n) is 4.59. The summed E-state index contributed by atoms with van der Waals surface area (Å²) in [5.41, 5.74) is 1.58. The van der Waals surface area contributed by atoms with Crippen LogP contribution in [0.25, 0.3) is 10.9 Å². The number of halogens is 1. The molecule has 1 unspecified atom stereocenters. The van der Waals surface area contributed by atoms with E-state index < -0.39 is 0 Å². The lowest BCUT2D eigenvalue weighted by Crippen LogP contribution is -2.36. The van der Waals surface area contributed by atoms with Crippen LogP contribution in [0.3, 0.4) is 0 Å². The van der Waals surface area contributed by atoms with E-state index in [0.29, 0.717) is 5.02 Å². The molecule has 2 aromatic rings. The monoisotopic (exact) mass is 277 g/mol. The lowest BCUT2D eigenvalue weighted by molar-refractivity contribution is -0.129. The highest BCUT2D eigenvalue weighted by Gasteiger charge is 2.16. The molecule has 0 saturated carbocycles. The van der Waals surface area contributed by atoms with Crippen molar-refractivity contribution in [3.8, 4) is 0 Å². The summed E-state index contributed by atoms with van der Waals surface area (Å²) in [7, 11) is 3.47. The summed E-state index contributed by atoms with van der Waals surface area (Å²) in [6.07, 6.45) is 1.71.